The van der Waals surface area contributed by atoms with Crippen molar-refractivity contribution in [1.82, 2.24) is 25.1 Å². The maximum atomic E-state index is 13.4. The summed E-state index contributed by atoms with van der Waals surface area (Å²) in [6, 6.07) is 8.03. The molecule has 2 amide bonds. The standard InChI is InChI=1S/C24H26N8O6/c1-13(2)37-19-11-15(12-26-28-19)32-7-6-18(29-32)31-8-9-36-20(22(31)33)24(3,35)23(34)27-14-4-5-16-17(10-14)38-30-21(16)25/h4-7,10-13,20,35H,8-9H2,1-3H3,(H2,25,30)(H,27,34)/t20-,24+/m0/s1. The van der Waals surface area contributed by atoms with Gasteiger partial charge in [0.05, 0.1) is 36.5 Å². The average Bonchev–Trinajstić information content (AvgIpc) is 3.51. The summed E-state index contributed by atoms with van der Waals surface area (Å²) in [5.74, 6) is -0.577. The first-order valence-electron chi connectivity index (χ1n) is 11.8. The van der Waals surface area contributed by atoms with Crippen molar-refractivity contribution in [3.63, 3.8) is 0 Å². The second kappa shape index (κ2) is 9.72. The lowest BCUT2D eigenvalue weighted by Crippen LogP contribution is -2.61. The Balaban J connectivity index is 1.32. The number of carbonyl (C=O) groups is 2. The van der Waals surface area contributed by atoms with Crippen LogP contribution in [0.5, 0.6) is 5.88 Å². The van der Waals surface area contributed by atoms with Crippen molar-refractivity contribution in [3.8, 4) is 11.6 Å². The first kappa shape index (κ1) is 25.1. The van der Waals surface area contributed by atoms with Gasteiger partial charge in [-0.05, 0) is 32.9 Å². The van der Waals surface area contributed by atoms with Gasteiger partial charge in [0.25, 0.3) is 11.8 Å². The van der Waals surface area contributed by atoms with E-state index in [9.17, 15) is 14.7 Å². The molecule has 2 atom stereocenters. The van der Waals surface area contributed by atoms with Gasteiger partial charge in [-0.1, -0.05) is 5.16 Å². The highest BCUT2D eigenvalue weighted by Gasteiger charge is 2.49. The normalized spacial score (nSPS) is 17.6. The number of nitrogen functional groups attached to an aromatic ring is 1. The number of rotatable bonds is 7. The molecule has 4 heterocycles. The predicted molar refractivity (Wildman–Crippen MR) is 135 cm³/mol. The van der Waals surface area contributed by atoms with E-state index in [4.69, 9.17) is 19.7 Å². The number of nitrogens with zero attached hydrogens (tertiary/aromatic N) is 6. The van der Waals surface area contributed by atoms with Crippen LogP contribution in [0, 0.1) is 0 Å². The first-order chi connectivity index (χ1) is 18.1. The molecule has 0 saturated carbocycles. The molecule has 0 aliphatic carbocycles. The Labute approximate surface area is 216 Å². The van der Waals surface area contributed by atoms with Gasteiger partial charge in [-0.3, -0.25) is 14.5 Å². The summed E-state index contributed by atoms with van der Waals surface area (Å²) in [5, 5.41) is 30.3. The molecule has 0 spiro atoms. The van der Waals surface area contributed by atoms with Crippen molar-refractivity contribution < 1.29 is 28.7 Å². The van der Waals surface area contributed by atoms with Crippen LogP contribution in [0.15, 0.2) is 47.2 Å². The minimum Gasteiger partial charge on any atom is -0.474 e. The smallest absolute Gasteiger partial charge is 0.260 e. The molecule has 5 rings (SSSR count). The molecule has 14 nitrogen and oxygen atoms in total. The average molecular weight is 523 g/mol. The Kier molecular flexibility index (Phi) is 6.42. The van der Waals surface area contributed by atoms with Crippen molar-refractivity contribution in [2.24, 2.45) is 0 Å². The van der Waals surface area contributed by atoms with Gasteiger partial charge in [0.2, 0.25) is 5.88 Å². The van der Waals surface area contributed by atoms with E-state index in [1.807, 2.05) is 13.8 Å². The minimum atomic E-state index is -2.20. The number of benzene rings is 1. The number of nitrogens with two attached hydrogens (primary N) is 1. The lowest BCUT2D eigenvalue weighted by Gasteiger charge is -2.37. The van der Waals surface area contributed by atoms with E-state index in [0.717, 1.165) is 0 Å². The van der Waals surface area contributed by atoms with Crippen LogP contribution in [-0.4, -0.2) is 73.0 Å². The molecule has 38 heavy (non-hydrogen) atoms. The largest absolute Gasteiger partial charge is 0.474 e. The van der Waals surface area contributed by atoms with E-state index < -0.39 is 23.5 Å². The third-order valence-corrected chi connectivity index (χ3v) is 5.91. The highest BCUT2D eigenvalue weighted by Crippen LogP contribution is 2.27. The lowest BCUT2D eigenvalue weighted by molar-refractivity contribution is -0.165. The fraction of sp³-hybridized carbons (Fsp3) is 0.333. The maximum Gasteiger partial charge on any atom is 0.260 e. The number of carbonyl (C=O) groups excluding carboxylic acids is 2. The Bertz CT molecular complexity index is 1500. The van der Waals surface area contributed by atoms with Crippen molar-refractivity contribution in [3.05, 3.63) is 42.7 Å². The summed E-state index contributed by atoms with van der Waals surface area (Å²) in [6.07, 6.45) is 1.61. The van der Waals surface area contributed by atoms with Gasteiger partial charge in [0.1, 0.15) is 0 Å². The van der Waals surface area contributed by atoms with Crippen LogP contribution in [0.3, 0.4) is 0 Å². The van der Waals surface area contributed by atoms with Gasteiger partial charge in [0, 0.05) is 30.1 Å². The summed E-state index contributed by atoms with van der Waals surface area (Å²) in [4.78, 5) is 27.8. The third kappa shape index (κ3) is 4.73. The topological polar surface area (TPSA) is 184 Å². The Hall–Kier alpha value is -4.56. The summed E-state index contributed by atoms with van der Waals surface area (Å²) in [5.41, 5.74) is 4.78. The fourth-order valence-corrected chi connectivity index (χ4v) is 3.99. The summed E-state index contributed by atoms with van der Waals surface area (Å²) < 4.78 is 17.8. The molecular weight excluding hydrogens is 496 g/mol. The van der Waals surface area contributed by atoms with E-state index in [-0.39, 0.29) is 25.1 Å². The third-order valence-electron chi connectivity index (χ3n) is 5.91. The maximum absolute atomic E-state index is 13.4. The number of anilines is 3. The van der Waals surface area contributed by atoms with E-state index in [1.165, 1.54) is 28.8 Å². The number of ether oxygens (including phenoxy) is 2. The van der Waals surface area contributed by atoms with Crippen LogP contribution < -0.4 is 20.7 Å². The number of hydrogen-bond donors (Lipinski definition) is 3. The number of nitrogens with one attached hydrogen (secondary N) is 1. The highest BCUT2D eigenvalue weighted by atomic mass is 16.5. The SMILES string of the molecule is CC(C)Oc1cc(-n2ccc(N3CCO[C@H]([C@@](C)(O)C(=O)Nc4ccc5c(N)noc5c4)C3=O)n2)cnn1. The quantitative estimate of drug-likeness (QED) is 0.318. The molecule has 0 unspecified atom stereocenters. The summed E-state index contributed by atoms with van der Waals surface area (Å²) >= 11 is 0. The molecule has 198 valence electrons. The molecule has 3 aromatic heterocycles. The molecule has 14 heteroatoms. The van der Waals surface area contributed by atoms with E-state index in [0.29, 0.717) is 34.0 Å². The Morgan fingerprint density at radius 1 is 1.32 bits per heavy atom. The Morgan fingerprint density at radius 3 is 2.92 bits per heavy atom. The number of amides is 2. The molecule has 1 aromatic carbocycles. The molecular formula is C24H26N8O6. The number of aliphatic hydroxyl groups is 1. The molecule has 4 aromatic rings. The first-order valence-corrected chi connectivity index (χ1v) is 11.8. The zero-order chi connectivity index (χ0) is 27.0. The minimum absolute atomic E-state index is 0.0792. The van der Waals surface area contributed by atoms with Crippen LogP contribution in [0.2, 0.25) is 0 Å². The van der Waals surface area contributed by atoms with Gasteiger partial charge in [0.15, 0.2) is 28.9 Å². The number of morpholine rings is 1. The van der Waals surface area contributed by atoms with Gasteiger partial charge in [-0.25, -0.2) is 4.68 Å². The zero-order valence-electron chi connectivity index (χ0n) is 20.9. The van der Waals surface area contributed by atoms with Gasteiger partial charge in [-0.15, -0.1) is 10.2 Å². The second-order valence-electron chi connectivity index (χ2n) is 9.16. The summed E-state index contributed by atoms with van der Waals surface area (Å²) in [7, 11) is 0. The zero-order valence-corrected chi connectivity index (χ0v) is 20.9. The van der Waals surface area contributed by atoms with Gasteiger partial charge in [-0.2, -0.15) is 5.10 Å². The summed E-state index contributed by atoms with van der Waals surface area (Å²) in [6.45, 7) is 5.24. The fourth-order valence-electron chi connectivity index (χ4n) is 3.99. The second-order valence-corrected chi connectivity index (χ2v) is 9.16. The number of aromatic nitrogens is 5. The van der Waals surface area contributed by atoms with Crippen LogP contribution in [0.4, 0.5) is 17.3 Å². The molecule has 1 aliphatic heterocycles. The van der Waals surface area contributed by atoms with E-state index in [2.05, 4.69) is 25.8 Å². The van der Waals surface area contributed by atoms with Crippen LogP contribution in [-0.2, 0) is 14.3 Å². The molecule has 4 N–H and O–H groups in total. The molecule has 0 bridgehead atoms. The number of fused-ring (bicyclic) bond motifs is 1. The number of hydrogen-bond acceptors (Lipinski definition) is 11. The molecule has 1 fully saturated rings. The van der Waals surface area contributed by atoms with Crippen molar-refractivity contribution in [2.75, 3.05) is 29.1 Å². The molecule has 0 radical (unpaired) electrons. The molecule has 1 aliphatic rings. The van der Waals surface area contributed by atoms with Crippen LogP contribution in [0.1, 0.15) is 20.8 Å². The van der Waals surface area contributed by atoms with Crippen LogP contribution in [0.25, 0.3) is 16.7 Å². The monoisotopic (exact) mass is 522 g/mol. The van der Waals surface area contributed by atoms with Crippen molar-refractivity contribution in [2.45, 2.75) is 38.6 Å². The van der Waals surface area contributed by atoms with E-state index >= 15 is 0 Å². The van der Waals surface area contributed by atoms with Crippen LogP contribution >= 0.6 is 0 Å². The van der Waals surface area contributed by atoms with E-state index in [1.54, 1.807) is 30.5 Å². The highest BCUT2D eigenvalue weighted by molar-refractivity contribution is 6.06. The van der Waals surface area contributed by atoms with Crippen molar-refractivity contribution >= 4 is 40.1 Å². The van der Waals surface area contributed by atoms with Gasteiger partial charge < -0.3 is 30.2 Å². The predicted octanol–water partition coefficient (Wildman–Crippen LogP) is 1.29. The lowest BCUT2D eigenvalue weighted by atomic mass is 9.95. The van der Waals surface area contributed by atoms with Gasteiger partial charge >= 0.3 is 0 Å². The molecule has 1 saturated heterocycles. The van der Waals surface area contributed by atoms with Crippen molar-refractivity contribution in [1.29, 1.82) is 0 Å². The Morgan fingerprint density at radius 2 is 2.13 bits per heavy atom.